The molecule has 0 saturated carbocycles. The second-order valence-electron chi connectivity index (χ2n) is 4.24. The monoisotopic (exact) mass is 462 g/mol. The van der Waals surface area contributed by atoms with Gasteiger partial charge in [-0.15, -0.1) is 0 Å². The van der Waals surface area contributed by atoms with Gasteiger partial charge in [0, 0.05) is 0 Å². The number of rotatable bonds is 2. The predicted molar refractivity (Wildman–Crippen MR) is 68.0 cm³/mol. The smallest absolute Gasteiger partial charge is 0.219 e. The highest BCUT2D eigenvalue weighted by Gasteiger charge is 2.43. The molecule has 0 aliphatic carbocycles. The molecule has 2 rings (SSSR count). The molecule has 1 aromatic heterocycles. The van der Waals surface area contributed by atoms with Gasteiger partial charge < -0.3 is 0 Å². The van der Waals surface area contributed by atoms with Crippen LogP contribution in [0.3, 0.4) is 0 Å². The molecule has 0 amide bonds. The molecule has 138 valence electrons. The zero-order valence-electron chi connectivity index (χ0n) is 11.0. The molecule has 0 fully saturated rings. The quantitative estimate of drug-likeness (QED) is 0.318. The van der Waals surface area contributed by atoms with Crippen LogP contribution in [0.25, 0.3) is 5.69 Å². The van der Waals surface area contributed by atoms with Gasteiger partial charge >= 0.3 is 11.7 Å². The summed E-state index contributed by atoms with van der Waals surface area (Å²) in [6.45, 7) is 0. The molecular weight excluding hydrogens is 462 g/mol. The number of benzene rings is 1. The highest BCUT2D eigenvalue weighted by atomic mass is 79.9. The largest absolute Gasteiger partial charge is 0.446 e. The third kappa shape index (κ3) is 3.73. The Labute approximate surface area is 143 Å². The zero-order chi connectivity index (χ0) is 19.3. The molecular formula is C11HBrF10N2S. The van der Waals surface area contributed by atoms with E-state index in [0.29, 0.717) is 6.20 Å². The van der Waals surface area contributed by atoms with Gasteiger partial charge in [0.05, 0.1) is 11.1 Å². The number of halogens is 11. The minimum atomic E-state index is -5.74. The summed E-state index contributed by atoms with van der Waals surface area (Å²) >= 11 is 1.72. The maximum atomic E-state index is 13.9. The molecule has 0 saturated heterocycles. The van der Waals surface area contributed by atoms with Crippen LogP contribution in [0.15, 0.2) is 15.7 Å². The molecule has 0 N–H and O–H groups in total. The van der Waals surface area contributed by atoms with Gasteiger partial charge in [0.2, 0.25) is 0 Å². The highest BCUT2D eigenvalue weighted by molar-refractivity contribution is 9.10. The van der Waals surface area contributed by atoms with E-state index in [1.54, 1.807) is 0 Å². The lowest BCUT2D eigenvalue weighted by molar-refractivity contribution is -0.143. The number of nitrogens with zero attached hydrogens (tertiary/aromatic N) is 2. The van der Waals surface area contributed by atoms with Gasteiger partial charge in [0.1, 0.15) is 15.9 Å². The van der Waals surface area contributed by atoms with Crippen LogP contribution in [0.4, 0.5) is 43.9 Å². The number of thioether (sulfide) groups is 1. The average molecular weight is 463 g/mol. The van der Waals surface area contributed by atoms with Gasteiger partial charge in [-0.25, -0.2) is 22.2 Å². The fourth-order valence-electron chi connectivity index (χ4n) is 1.72. The predicted octanol–water partition coefficient (Wildman–Crippen LogP) is 5.82. The minimum absolute atomic E-state index is 0.0367. The van der Waals surface area contributed by atoms with Gasteiger partial charge in [-0.05, 0) is 27.7 Å². The average Bonchev–Trinajstić information content (AvgIpc) is 2.76. The Morgan fingerprint density at radius 1 is 0.880 bits per heavy atom. The summed E-state index contributed by atoms with van der Waals surface area (Å²) in [5.74, 6) is -10.5. The van der Waals surface area contributed by atoms with Crippen molar-refractivity contribution in [2.45, 2.75) is 16.6 Å². The summed E-state index contributed by atoms with van der Waals surface area (Å²) < 4.78 is 128. The van der Waals surface area contributed by atoms with Crippen molar-refractivity contribution in [3.8, 4) is 5.69 Å². The van der Waals surface area contributed by atoms with Crippen LogP contribution < -0.4 is 0 Å². The lowest BCUT2D eigenvalue weighted by Gasteiger charge is -2.14. The zero-order valence-corrected chi connectivity index (χ0v) is 13.4. The molecule has 0 radical (unpaired) electrons. The third-order valence-corrected chi connectivity index (χ3v) is 4.42. The minimum Gasteiger partial charge on any atom is -0.219 e. The fourth-order valence-corrected chi connectivity index (χ4v) is 2.86. The van der Waals surface area contributed by atoms with Gasteiger partial charge in [-0.3, -0.25) is 0 Å². The number of aromatic nitrogens is 2. The molecule has 0 atom stereocenters. The van der Waals surface area contributed by atoms with Crippen LogP contribution in [-0.4, -0.2) is 15.3 Å². The van der Waals surface area contributed by atoms with Crippen molar-refractivity contribution in [3.63, 3.8) is 0 Å². The molecule has 0 aliphatic rings. The Kier molecular flexibility index (Phi) is 5.07. The van der Waals surface area contributed by atoms with Crippen LogP contribution in [0, 0.1) is 23.3 Å². The SMILES string of the molecule is Fc1c(F)c(C(F)(F)F)c(F)c(F)c1-n1ncc(SC(F)(F)F)c1Br. The van der Waals surface area contributed by atoms with E-state index in [4.69, 9.17) is 0 Å². The molecule has 2 aromatic rings. The summed E-state index contributed by atoms with van der Waals surface area (Å²) in [5.41, 5.74) is -9.38. The second-order valence-corrected chi connectivity index (χ2v) is 6.09. The molecule has 25 heavy (non-hydrogen) atoms. The van der Waals surface area contributed by atoms with E-state index in [1.165, 1.54) is 0 Å². The maximum absolute atomic E-state index is 13.9. The van der Waals surface area contributed by atoms with E-state index in [9.17, 15) is 43.9 Å². The molecule has 1 heterocycles. The second kappa shape index (κ2) is 6.37. The first kappa shape index (κ1) is 19.9. The van der Waals surface area contributed by atoms with Crippen molar-refractivity contribution in [3.05, 3.63) is 39.6 Å². The first-order valence-corrected chi connectivity index (χ1v) is 7.29. The van der Waals surface area contributed by atoms with Crippen molar-refractivity contribution in [2.24, 2.45) is 0 Å². The van der Waals surface area contributed by atoms with Crippen molar-refractivity contribution in [1.82, 2.24) is 9.78 Å². The highest BCUT2D eigenvalue weighted by Crippen LogP contribution is 2.42. The molecule has 0 bridgehead atoms. The van der Waals surface area contributed by atoms with Crippen molar-refractivity contribution >= 4 is 27.7 Å². The molecule has 0 unspecified atom stereocenters. The van der Waals surface area contributed by atoms with Crippen LogP contribution in [0.5, 0.6) is 0 Å². The Bertz CT molecular complexity index is 797. The first-order chi connectivity index (χ1) is 11.3. The standard InChI is InChI=1S/C11HBrF10N2S/c12-9-2(25-11(20,21)22)1-23-24(9)8-6(15)4(13)3(10(17,18)19)5(14)7(8)16/h1H. The van der Waals surface area contributed by atoms with E-state index in [2.05, 4.69) is 21.0 Å². The van der Waals surface area contributed by atoms with Crippen molar-refractivity contribution in [2.75, 3.05) is 0 Å². The maximum Gasteiger partial charge on any atom is 0.446 e. The van der Waals surface area contributed by atoms with Gasteiger partial charge in [-0.1, -0.05) is 0 Å². The van der Waals surface area contributed by atoms with E-state index < -0.39 is 67.5 Å². The van der Waals surface area contributed by atoms with Crippen molar-refractivity contribution < 1.29 is 43.9 Å². The molecule has 0 aliphatic heterocycles. The number of hydrogen-bond acceptors (Lipinski definition) is 2. The lowest BCUT2D eigenvalue weighted by atomic mass is 10.1. The molecule has 1 aromatic carbocycles. The normalized spacial score (nSPS) is 12.8. The van der Waals surface area contributed by atoms with Crippen molar-refractivity contribution in [1.29, 1.82) is 0 Å². The van der Waals surface area contributed by atoms with E-state index >= 15 is 0 Å². The van der Waals surface area contributed by atoms with Crippen LogP contribution in [0.1, 0.15) is 5.56 Å². The summed E-state index contributed by atoms with van der Waals surface area (Å²) in [5, 5.41) is 3.12. The van der Waals surface area contributed by atoms with Gasteiger partial charge in [0.15, 0.2) is 23.3 Å². The number of alkyl halides is 6. The third-order valence-electron chi connectivity index (χ3n) is 2.64. The molecule has 2 nitrogen and oxygen atoms in total. The van der Waals surface area contributed by atoms with E-state index in [-0.39, 0.29) is 4.68 Å². The Morgan fingerprint density at radius 3 is 1.76 bits per heavy atom. The van der Waals surface area contributed by atoms with E-state index in [1.807, 2.05) is 0 Å². The summed E-state index contributed by atoms with van der Waals surface area (Å²) in [4.78, 5) is -0.744. The number of hydrogen-bond donors (Lipinski definition) is 0. The van der Waals surface area contributed by atoms with Crippen LogP contribution in [-0.2, 0) is 6.18 Å². The Morgan fingerprint density at radius 2 is 1.36 bits per heavy atom. The topological polar surface area (TPSA) is 17.8 Å². The Balaban J connectivity index is 2.71. The fraction of sp³-hybridized carbons (Fsp3) is 0.182. The summed E-state index contributed by atoms with van der Waals surface area (Å²) in [6, 6.07) is 0. The lowest BCUT2D eigenvalue weighted by Crippen LogP contribution is -2.18. The van der Waals surface area contributed by atoms with Crippen LogP contribution >= 0.6 is 27.7 Å². The van der Waals surface area contributed by atoms with Gasteiger partial charge in [-0.2, -0.15) is 31.4 Å². The summed E-state index contributed by atoms with van der Waals surface area (Å²) in [6.07, 6.45) is -5.29. The van der Waals surface area contributed by atoms with Crippen LogP contribution in [0.2, 0.25) is 0 Å². The molecule has 0 spiro atoms. The van der Waals surface area contributed by atoms with E-state index in [0.717, 1.165) is 0 Å². The van der Waals surface area contributed by atoms with Gasteiger partial charge in [0.25, 0.3) is 0 Å². The summed E-state index contributed by atoms with van der Waals surface area (Å²) in [7, 11) is 0. The first-order valence-electron chi connectivity index (χ1n) is 5.68. The Hall–Kier alpha value is -1.44. The molecule has 14 heteroatoms.